The zero-order chi connectivity index (χ0) is 7.56. The van der Waals surface area contributed by atoms with Gasteiger partial charge in [0, 0.05) is 0 Å². The molecule has 0 radical (unpaired) electrons. The van der Waals surface area contributed by atoms with E-state index in [0.717, 1.165) is 4.46 Å². The van der Waals surface area contributed by atoms with E-state index in [1.165, 1.54) is 0 Å². The molecular weight excluding hydrogens is 242 g/mol. The summed E-state index contributed by atoms with van der Waals surface area (Å²) in [6.45, 7) is 0. The number of hydrogen-bond donors (Lipinski definition) is 0. The van der Waals surface area contributed by atoms with E-state index >= 15 is 0 Å². The molecule has 0 aliphatic carbocycles. The molecule has 0 amide bonds. The molecule has 1 atom stereocenters. The van der Waals surface area contributed by atoms with Gasteiger partial charge in [-0.15, -0.1) is 0 Å². The Kier molecular flexibility index (Phi) is 4.28. The topological polar surface area (TPSA) is 17.1 Å². The first-order valence-corrected chi connectivity index (χ1v) is 13.1. The van der Waals surface area contributed by atoms with Gasteiger partial charge in [0.15, 0.2) is 0 Å². The molecule has 1 rings (SSSR count). The number of halogens is 1. The van der Waals surface area contributed by atoms with Crippen molar-refractivity contribution in [2.24, 2.45) is 0 Å². The molecule has 0 N–H and O–H groups in total. The second-order valence-corrected chi connectivity index (χ2v) is 11.3. The van der Waals surface area contributed by atoms with Crippen LogP contribution in [-0.2, 0) is 3.83 Å². The molecule has 1 nitrogen and oxygen atoms in total. The number of benzene rings is 1. The fourth-order valence-electron chi connectivity index (χ4n) is 0.626. The third kappa shape index (κ3) is 2.84. The molecule has 0 heterocycles. The van der Waals surface area contributed by atoms with Crippen molar-refractivity contribution in [3.63, 3.8) is 0 Å². The molecular formula is C6H4ClKOSe. The Labute approximate surface area is 96.9 Å². The van der Waals surface area contributed by atoms with Gasteiger partial charge in [-0.25, -0.2) is 0 Å². The van der Waals surface area contributed by atoms with Crippen molar-refractivity contribution in [2.45, 2.75) is 0 Å². The number of rotatable bonds is 1. The predicted octanol–water partition coefficient (Wildman–Crippen LogP) is 0.634. The van der Waals surface area contributed by atoms with Gasteiger partial charge in [-0.2, -0.15) is 0 Å². The molecule has 4 heteroatoms. The summed E-state index contributed by atoms with van der Waals surface area (Å²) in [6.07, 6.45) is 0. The zero-order valence-corrected chi connectivity index (χ0v) is 11.1. The molecule has 0 aliphatic heterocycles. The minimum atomic E-state index is -1.55. The maximum atomic E-state index is 11.0. The first kappa shape index (κ1) is 9.55. The average molecular weight is 246 g/mol. The molecule has 1 aromatic carbocycles. The first-order valence-electron chi connectivity index (χ1n) is 2.79. The molecule has 0 fully saturated rings. The Morgan fingerprint density at radius 3 is 2.20 bits per heavy atom. The number of hydrogen-bond acceptors (Lipinski definition) is 1. The van der Waals surface area contributed by atoms with E-state index in [9.17, 15) is 3.83 Å². The van der Waals surface area contributed by atoms with E-state index < -0.39 is 4.48 Å². The predicted molar refractivity (Wildman–Crippen MR) is 43.3 cm³/mol. The van der Waals surface area contributed by atoms with E-state index in [2.05, 4.69) is 0 Å². The summed E-state index contributed by atoms with van der Waals surface area (Å²) < 4.78 is 10.4. The van der Waals surface area contributed by atoms with Crippen molar-refractivity contribution < 1.29 is 3.83 Å². The van der Waals surface area contributed by atoms with Crippen LogP contribution < -0.4 is 4.46 Å². The molecule has 0 aromatic heterocycles. The van der Waals surface area contributed by atoms with Crippen LogP contribution in [0.25, 0.3) is 0 Å². The van der Waals surface area contributed by atoms with Crippen LogP contribution in [-0.4, -0.2) is 49.9 Å². The molecule has 1 aromatic rings. The van der Waals surface area contributed by atoms with Crippen LogP contribution in [0.3, 0.4) is 0 Å². The molecule has 0 aliphatic rings. The van der Waals surface area contributed by atoms with E-state index in [0.29, 0.717) is 50.4 Å². The Bertz CT molecular complexity index is 246. The average Bonchev–Trinajstić information content (AvgIpc) is 1.88. The van der Waals surface area contributed by atoms with E-state index in [1.807, 2.05) is 12.1 Å². The van der Waals surface area contributed by atoms with Gasteiger partial charge in [0.2, 0.25) is 0 Å². The van der Waals surface area contributed by atoms with Crippen molar-refractivity contribution in [1.29, 1.82) is 0 Å². The van der Waals surface area contributed by atoms with Gasteiger partial charge in [0.1, 0.15) is 0 Å². The fraction of sp³-hybridized carbons (Fsp3) is 0. The summed E-state index contributed by atoms with van der Waals surface area (Å²) in [5.74, 6) is 0. The quantitative estimate of drug-likeness (QED) is 0.664. The summed E-state index contributed by atoms with van der Waals surface area (Å²) in [7, 11) is 0. The minimum absolute atomic E-state index is 0.445. The van der Waals surface area contributed by atoms with Crippen molar-refractivity contribution in [3.8, 4) is 0 Å². The fourth-order valence-corrected chi connectivity index (χ4v) is 4.05. The molecule has 0 saturated carbocycles. The zero-order valence-electron chi connectivity index (χ0n) is 5.50. The van der Waals surface area contributed by atoms with Gasteiger partial charge in [-0.05, 0) is 0 Å². The van der Waals surface area contributed by atoms with Crippen molar-refractivity contribution >= 4 is 65.9 Å². The SMILES string of the molecule is O=[Se]([K])c1ccc(Cl)cc1. The Morgan fingerprint density at radius 2 is 1.80 bits per heavy atom. The standard InChI is InChI=1S/C6H4ClOSe.K/c7-5-1-3-6(9-8)4-2-5;/h1-4H;/q+1;-1. The Hall–Kier alpha value is 1.47. The van der Waals surface area contributed by atoms with Crippen molar-refractivity contribution in [1.82, 2.24) is 0 Å². The molecule has 0 spiro atoms. The Balaban J connectivity index is 3.00. The second-order valence-electron chi connectivity index (χ2n) is 1.91. The van der Waals surface area contributed by atoms with Gasteiger partial charge >= 0.3 is 99.0 Å². The van der Waals surface area contributed by atoms with E-state index in [1.54, 1.807) is 12.1 Å². The van der Waals surface area contributed by atoms with Gasteiger partial charge in [0.25, 0.3) is 0 Å². The van der Waals surface area contributed by atoms with Gasteiger partial charge in [-0.1, -0.05) is 0 Å². The molecule has 0 bridgehead atoms. The summed E-state index contributed by atoms with van der Waals surface area (Å²) >= 11 is 6.09. The van der Waals surface area contributed by atoms with Crippen LogP contribution in [0.15, 0.2) is 24.3 Å². The molecule has 1 unspecified atom stereocenters. The van der Waals surface area contributed by atoms with Crippen LogP contribution >= 0.6 is 11.6 Å². The van der Waals surface area contributed by atoms with Crippen LogP contribution in [0.2, 0.25) is 5.02 Å². The normalized spacial score (nSPS) is 13.1. The van der Waals surface area contributed by atoms with Crippen LogP contribution in [0.1, 0.15) is 0 Å². The third-order valence-electron chi connectivity index (χ3n) is 1.15. The monoisotopic (exact) mass is 246 g/mol. The first-order chi connectivity index (χ1) is 4.70. The van der Waals surface area contributed by atoms with Crippen LogP contribution in [0.4, 0.5) is 0 Å². The molecule has 0 saturated heterocycles. The van der Waals surface area contributed by atoms with Gasteiger partial charge in [0.05, 0.1) is 0 Å². The summed E-state index contributed by atoms with van der Waals surface area (Å²) in [6, 6.07) is 7.28. The van der Waals surface area contributed by atoms with Crippen LogP contribution in [0.5, 0.6) is 0 Å². The second kappa shape index (κ2) is 4.48. The van der Waals surface area contributed by atoms with E-state index in [4.69, 9.17) is 11.6 Å². The van der Waals surface area contributed by atoms with Crippen molar-refractivity contribution in [3.05, 3.63) is 29.3 Å². The maximum absolute atomic E-state index is 11.0. The van der Waals surface area contributed by atoms with E-state index in [-0.39, 0.29) is 0 Å². The van der Waals surface area contributed by atoms with Crippen LogP contribution in [0, 0.1) is 0 Å². The third-order valence-corrected chi connectivity index (χ3v) is 7.19. The van der Waals surface area contributed by atoms with Gasteiger partial charge in [-0.3, -0.25) is 0 Å². The van der Waals surface area contributed by atoms with Gasteiger partial charge < -0.3 is 0 Å². The summed E-state index contributed by atoms with van der Waals surface area (Å²) in [5.41, 5.74) is 0. The Morgan fingerprint density at radius 1 is 1.30 bits per heavy atom. The summed E-state index contributed by atoms with van der Waals surface area (Å²) in [4.78, 5) is 0. The molecule has 48 valence electrons. The van der Waals surface area contributed by atoms with Crippen molar-refractivity contribution in [2.75, 3.05) is 0 Å². The summed E-state index contributed by atoms with van der Waals surface area (Å²) in [5, 5.41) is 0.712. The molecule has 10 heavy (non-hydrogen) atoms.